The molecule has 2 aromatic carbocycles. The Labute approximate surface area is 175 Å². The Bertz CT molecular complexity index is 963. The number of hydrogen-bond donors (Lipinski definition) is 2. The minimum atomic E-state index is -3.22. The zero-order chi connectivity index (χ0) is 20.7. The van der Waals surface area contributed by atoms with Crippen LogP contribution in [0.4, 0.5) is 0 Å². The smallest absolute Gasteiger partial charge is 0.191 e. The van der Waals surface area contributed by atoms with Crippen LogP contribution >= 0.6 is 23.2 Å². The Kier molecular flexibility index (Phi) is 7.98. The number of halogens is 2. The summed E-state index contributed by atoms with van der Waals surface area (Å²) in [6.07, 6.45) is 1.21. The van der Waals surface area contributed by atoms with Crippen LogP contribution in [0.1, 0.15) is 11.1 Å². The van der Waals surface area contributed by atoms with Crippen LogP contribution in [-0.4, -0.2) is 40.8 Å². The maximum atomic E-state index is 11.7. The van der Waals surface area contributed by atoms with Crippen LogP contribution < -0.4 is 15.4 Å². The predicted octanol–water partition coefficient (Wildman–Crippen LogP) is 3.45. The van der Waals surface area contributed by atoms with Crippen LogP contribution in [0.3, 0.4) is 0 Å². The monoisotopic (exact) mass is 443 g/mol. The third-order valence-corrected chi connectivity index (χ3v) is 5.95. The second-order valence-corrected chi connectivity index (χ2v) is 8.89. The molecular formula is C19H23Cl2N3O3S. The SMILES string of the molecule is CN=C(NCCOc1cccc(Cl)c1Cl)NCc1ccc(S(C)(=O)=O)c(C)c1. The molecule has 9 heteroatoms. The minimum absolute atomic E-state index is 0.343. The Morgan fingerprint density at radius 3 is 2.57 bits per heavy atom. The quantitative estimate of drug-likeness (QED) is 0.389. The molecule has 0 unspecified atom stereocenters. The first-order valence-electron chi connectivity index (χ1n) is 8.53. The van der Waals surface area contributed by atoms with Crippen LogP contribution in [0.2, 0.25) is 10.0 Å². The molecular weight excluding hydrogens is 421 g/mol. The normalized spacial score (nSPS) is 12.0. The van der Waals surface area contributed by atoms with E-state index in [1.807, 2.05) is 6.07 Å². The zero-order valence-electron chi connectivity index (χ0n) is 15.9. The summed E-state index contributed by atoms with van der Waals surface area (Å²) >= 11 is 12.0. The van der Waals surface area contributed by atoms with E-state index >= 15 is 0 Å². The van der Waals surface area contributed by atoms with Crippen molar-refractivity contribution in [1.82, 2.24) is 10.6 Å². The second kappa shape index (κ2) is 10.0. The molecule has 2 N–H and O–H groups in total. The standard InChI is InChI=1S/C19H23Cl2N3O3S/c1-13-11-14(7-8-17(13)28(3,25)26)12-24-19(22-2)23-9-10-27-16-6-4-5-15(20)18(16)21/h4-8,11H,9-10,12H2,1-3H3,(H2,22,23,24). The van der Waals surface area contributed by atoms with Gasteiger partial charge in [0.15, 0.2) is 15.8 Å². The van der Waals surface area contributed by atoms with Crippen LogP contribution in [0.15, 0.2) is 46.3 Å². The Morgan fingerprint density at radius 1 is 1.18 bits per heavy atom. The summed E-state index contributed by atoms with van der Waals surface area (Å²) in [5.41, 5.74) is 1.67. The molecule has 2 rings (SSSR count). The molecule has 0 saturated heterocycles. The summed E-state index contributed by atoms with van der Waals surface area (Å²) in [5.74, 6) is 1.13. The van der Waals surface area contributed by atoms with Crippen molar-refractivity contribution < 1.29 is 13.2 Å². The van der Waals surface area contributed by atoms with Crippen molar-refractivity contribution in [2.45, 2.75) is 18.4 Å². The molecule has 0 radical (unpaired) electrons. The Morgan fingerprint density at radius 2 is 1.93 bits per heavy atom. The lowest BCUT2D eigenvalue weighted by Crippen LogP contribution is -2.38. The average molecular weight is 444 g/mol. The third kappa shape index (κ3) is 6.29. The van der Waals surface area contributed by atoms with Crippen molar-refractivity contribution in [2.75, 3.05) is 26.5 Å². The Hall–Kier alpha value is -1.96. The molecule has 28 heavy (non-hydrogen) atoms. The largest absolute Gasteiger partial charge is 0.490 e. The molecule has 0 aliphatic rings. The van der Waals surface area contributed by atoms with E-state index in [-0.39, 0.29) is 0 Å². The molecule has 0 bridgehead atoms. The molecule has 0 heterocycles. The topological polar surface area (TPSA) is 79.8 Å². The lowest BCUT2D eigenvalue weighted by atomic mass is 10.1. The van der Waals surface area contributed by atoms with Crippen LogP contribution in [0, 0.1) is 6.92 Å². The van der Waals surface area contributed by atoms with E-state index in [9.17, 15) is 8.42 Å². The highest BCUT2D eigenvalue weighted by atomic mass is 35.5. The first-order chi connectivity index (χ1) is 13.2. The van der Waals surface area contributed by atoms with Gasteiger partial charge in [-0.05, 0) is 36.2 Å². The highest BCUT2D eigenvalue weighted by Crippen LogP contribution is 2.31. The first-order valence-corrected chi connectivity index (χ1v) is 11.2. The van der Waals surface area contributed by atoms with Gasteiger partial charge in [0.1, 0.15) is 17.4 Å². The molecule has 0 aromatic heterocycles. The van der Waals surface area contributed by atoms with E-state index in [1.165, 1.54) is 6.26 Å². The maximum Gasteiger partial charge on any atom is 0.191 e. The molecule has 0 saturated carbocycles. The summed E-state index contributed by atoms with van der Waals surface area (Å²) in [6, 6.07) is 10.5. The summed E-state index contributed by atoms with van der Waals surface area (Å²) in [4.78, 5) is 4.50. The first kappa shape index (κ1) is 22.3. The maximum absolute atomic E-state index is 11.7. The summed E-state index contributed by atoms with van der Waals surface area (Å²) < 4.78 is 29.0. The van der Waals surface area contributed by atoms with Gasteiger partial charge in [-0.2, -0.15) is 0 Å². The highest BCUT2D eigenvalue weighted by molar-refractivity contribution is 7.90. The van der Waals surface area contributed by atoms with Crippen LogP contribution in [0.25, 0.3) is 0 Å². The number of rotatable bonds is 7. The van der Waals surface area contributed by atoms with E-state index in [4.69, 9.17) is 27.9 Å². The lowest BCUT2D eigenvalue weighted by Gasteiger charge is -2.14. The number of hydrogen-bond acceptors (Lipinski definition) is 4. The van der Waals surface area contributed by atoms with Gasteiger partial charge in [-0.15, -0.1) is 0 Å². The third-order valence-electron chi connectivity index (χ3n) is 3.89. The average Bonchev–Trinajstić information content (AvgIpc) is 2.63. The fraction of sp³-hybridized carbons (Fsp3) is 0.316. The predicted molar refractivity (Wildman–Crippen MR) is 114 cm³/mol. The van der Waals surface area contributed by atoms with Crippen LogP contribution in [0.5, 0.6) is 5.75 Å². The van der Waals surface area contributed by atoms with E-state index in [2.05, 4.69) is 15.6 Å². The minimum Gasteiger partial charge on any atom is -0.490 e. The highest BCUT2D eigenvalue weighted by Gasteiger charge is 2.11. The number of sulfone groups is 1. The molecule has 0 spiro atoms. The summed E-state index contributed by atoms with van der Waals surface area (Å²) in [7, 11) is -1.55. The van der Waals surface area contributed by atoms with Gasteiger partial charge < -0.3 is 15.4 Å². The van der Waals surface area contributed by atoms with Crippen molar-refractivity contribution in [3.63, 3.8) is 0 Å². The Balaban J connectivity index is 1.83. The molecule has 152 valence electrons. The number of benzene rings is 2. The zero-order valence-corrected chi connectivity index (χ0v) is 18.2. The summed E-state index contributed by atoms with van der Waals surface area (Å²) in [6.45, 7) is 3.17. The fourth-order valence-corrected chi connectivity index (χ4v) is 3.88. The molecule has 6 nitrogen and oxygen atoms in total. The van der Waals surface area contributed by atoms with E-state index in [1.54, 1.807) is 44.3 Å². The van der Waals surface area contributed by atoms with Gasteiger partial charge in [-0.25, -0.2) is 8.42 Å². The van der Waals surface area contributed by atoms with Crippen molar-refractivity contribution >= 4 is 39.0 Å². The van der Waals surface area contributed by atoms with E-state index in [0.29, 0.717) is 46.3 Å². The molecule has 0 amide bonds. The van der Waals surface area contributed by atoms with Crippen molar-refractivity contribution in [1.29, 1.82) is 0 Å². The number of nitrogens with one attached hydrogen (secondary N) is 2. The lowest BCUT2D eigenvalue weighted by molar-refractivity contribution is 0.322. The van der Waals surface area contributed by atoms with Gasteiger partial charge in [-0.3, -0.25) is 4.99 Å². The molecule has 0 aliphatic carbocycles. The van der Waals surface area contributed by atoms with Gasteiger partial charge in [0.05, 0.1) is 16.5 Å². The van der Waals surface area contributed by atoms with Crippen molar-refractivity contribution in [3.8, 4) is 5.75 Å². The number of ether oxygens (including phenoxy) is 1. The molecule has 0 atom stereocenters. The van der Waals surface area contributed by atoms with Gasteiger partial charge in [0.2, 0.25) is 0 Å². The number of nitrogens with zero attached hydrogens (tertiary/aromatic N) is 1. The van der Waals surface area contributed by atoms with Gasteiger partial charge in [0, 0.05) is 19.8 Å². The van der Waals surface area contributed by atoms with Crippen molar-refractivity contribution in [2.24, 2.45) is 4.99 Å². The van der Waals surface area contributed by atoms with Crippen LogP contribution in [-0.2, 0) is 16.4 Å². The fourth-order valence-electron chi connectivity index (χ4n) is 2.57. The van der Waals surface area contributed by atoms with Gasteiger partial charge in [-0.1, -0.05) is 41.4 Å². The summed E-state index contributed by atoms with van der Waals surface area (Å²) in [5, 5.41) is 7.15. The number of aliphatic imine (C=N–C) groups is 1. The van der Waals surface area contributed by atoms with E-state index in [0.717, 1.165) is 11.1 Å². The van der Waals surface area contributed by atoms with Gasteiger partial charge >= 0.3 is 0 Å². The van der Waals surface area contributed by atoms with Gasteiger partial charge in [0.25, 0.3) is 0 Å². The molecule has 0 fully saturated rings. The second-order valence-electron chi connectivity index (χ2n) is 6.12. The molecule has 2 aromatic rings. The molecule has 0 aliphatic heterocycles. The van der Waals surface area contributed by atoms with Crippen molar-refractivity contribution in [3.05, 3.63) is 57.6 Å². The van der Waals surface area contributed by atoms with E-state index < -0.39 is 9.84 Å². The number of guanidine groups is 1. The number of aryl methyl sites for hydroxylation is 1.